The molecule has 112 valence electrons. The molecule has 0 spiro atoms. The van der Waals surface area contributed by atoms with Crippen molar-refractivity contribution in [1.29, 1.82) is 0 Å². The van der Waals surface area contributed by atoms with Crippen LogP contribution in [-0.4, -0.2) is 23.3 Å². The average Bonchev–Trinajstić information content (AvgIpc) is 2.64. The predicted octanol–water partition coefficient (Wildman–Crippen LogP) is 3.61. The molecule has 3 rings (SSSR count). The zero-order chi connectivity index (χ0) is 15.1. The van der Waals surface area contributed by atoms with Crippen molar-refractivity contribution in [1.82, 2.24) is 4.98 Å². The number of aromatic nitrogens is 1. The molecule has 0 atom stereocenters. The molecule has 2 heterocycles. The van der Waals surface area contributed by atoms with Crippen LogP contribution in [0.4, 0.5) is 0 Å². The summed E-state index contributed by atoms with van der Waals surface area (Å²) in [6.45, 7) is 8.30. The summed E-state index contributed by atoms with van der Waals surface area (Å²) in [5.41, 5.74) is 3.50. The van der Waals surface area contributed by atoms with E-state index in [9.17, 15) is 0 Å². The molecule has 1 aliphatic carbocycles. The quantitative estimate of drug-likeness (QED) is 0.778. The van der Waals surface area contributed by atoms with Gasteiger partial charge in [-0.15, -0.1) is 0 Å². The van der Waals surface area contributed by atoms with E-state index in [0.717, 1.165) is 12.8 Å². The van der Waals surface area contributed by atoms with Gasteiger partial charge >= 0.3 is 7.12 Å². The van der Waals surface area contributed by atoms with Crippen LogP contribution in [0.15, 0.2) is 18.4 Å². The average molecular weight is 285 g/mol. The van der Waals surface area contributed by atoms with E-state index in [0.29, 0.717) is 0 Å². The number of hydrogen-bond donors (Lipinski definition) is 0. The lowest BCUT2D eigenvalue weighted by atomic mass is 9.86. The van der Waals surface area contributed by atoms with Gasteiger partial charge in [-0.25, -0.2) is 0 Å². The van der Waals surface area contributed by atoms with Gasteiger partial charge < -0.3 is 9.31 Å². The number of rotatable bonds is 2. The lowest BCUT2D eigenvalue weighted by Crippen LogP contribution is -2.41. The molecule has 21 heavy (non-hydrogen) atoms. The van der Waals surface area contributed by atoms with Crippen LogP contribution in [0, 0.1) is 0 Å². The highest BCUT2D eigenvalue weighted by Crippen LogP contribution is 2.37. The molecule has 0 aromatic carbocycles. The zero-order valence-corrected chi connectivity index (χ0v) is 13.5. The molecular weight excluding hydrogens is 261 g/mol. The van der Waals surface area contributed by atoms with Crippen molar-refractivity contribution in [2.24, 2.45) is 0 Å². The largest absolute Gasteiger partial charge is 0.487 e. The molecule has 1 aliphatic heterocycles. The first kappa shape index (κ1) is 14.8. The molecule has 0 bridgehead atoms. The summed E-state index contributed by atoms with van der Waals surface area (Å²) in [6, 6.07) is 0. The molecule has 0 amide bonds. The van der Waals surface area contributed by atoms with Crippen LogP contribution >= 0.6 is 0 Å². The number of nitrogens with zero attached hydrogens (tertiary/aromatic N) is 1. The predicted molar refractivity (Wildman–Crippen MR) is 86.0 cm³/mol. The van der Waals surface area contributed by atoms with Crippen LogP contribution in [0.1, 0.15) is 57.2 Å². The van der Waals surface area contributed by atoms with Gasteiger partial charge in [0.1, 0.15) is 0 Å². The first-order valence-corrected chi connectivity index (χ1v) is 7.89. The van der Waals surface area contributed by atoms with Crippen molar-refractivity contribution in [2.45, 2.75) is 64.6 Å². The Hall–Kier alpha value is -1.13. The smallest absolute Gasteiger partial charge is 0.400 e. The van der Waals surface area contributed by atoms with E-state index in [2.05, 4.69) is 38.8 Å². The minimum absolute atomic E-state index is 0.281. The molecule has 0 N–H and O–H groups in total. The molecular formula is C17H24BNO2. The highest BCUT2D eigenvalue weighted by atomic mass is 16.7. The van der Waals surface area contributed by atoms with Crippen molar-refractivity contribution >= 4 is 13.2 Å². The van der Waals surface area contributed by atoms with E-state index in [1.807, 2.05) is 18.4 Å². The van der Waals surface area contributed by atoms with Gasteiger partial charge in [0.2, 0.25) is 0 Å². The molecule has 2 aliphatic rings. The van der Waals surface area contributed by atoms with Gasteiger partial charge in [-0.05, 0) is 70.1 Å². The topological polar surface area (TPSA) is 31.4 Å². The number of aryl methyl sites for hydroxylation is 1. The van der Waals surface area contributed by atoms with Crippen LogP contribution < -0.4 is 0 Å². The van der Waals surface area contributed by atoms with Gasteiger partial charge in [-0.1, -0.05) is 12.1 Å². The molecule has 4 heteroatoms. The molecule has 3 nitrogen and oxygen atoms in total. The summed E-state index contributed by atoms with van der Waals surface area (Å²) in [5, 5.41) is 0. The minimum atomic E-state index is -0.283. The van der Waals surface area contributed by atoms with Gasteiger partial charge in [-0.3, -0.25) is 4.98 Å². The normalized spacial score (nSPS) is 23.5. The van der Waals surface area contributed by atoms with Crippen molar-refractivity contribution in [3.63, 3.8) is 0 Å². The van der Waals surface area contributed by atoms with Gasteiger partial charge in [0, 0.05) is 12.4 Å². The van der Waals surface area contributed by atoms with Crippen LogP contribution in [-0.2, 0) is 22.2 Å². The SMILES string of the molecule is CC1(C)OB(/C=C/c2cncc3c2CCCC3)OC1(C)C. The van der Waals surface area contributed by atoms with Crippen molar-refractivity contribution in [3.05, 3.63) is 35.1 Å². The van der Waals surface area contributed by atoms with E-state index < -0.39 is 0 Å². The fourth-order valence-electron chi connectivity index (χ4n) is 2.98. The fraction of sp³-hybridized carbons (Fsp3) is 0.588. The second-order valence-corrected chi connectivity index (χ2v) is 7.06. The third-order valence-electron chi connectivity index (χ3n) is 5.01. The first-order valence-electron chi connectivity index (χ1n) is 7.89. The van der Waals surface area contributed by atoms with Crippen molar-refractivity contribution in [2.75, 3.05) is 0 Å². The van der Waals surface area contributed by atoms with Crippen LogP contribution in [0.2, 0.25) is 0 Å². The van der Waals surface area contributed by atoms with E-state index >= 15 is 0 Å². The Morgan fingerprint density at radius 3 is 2.43 bits per heavy atom. The Balaban J connectivity index is 1.79. The van der Waals surface area contributed by atoms with Crippen molar-refractivity contribution in [3.8, 4) is 0 Å². The number of pyridine rings is 1. The highest BCUT2D eigenvalue weighted by Gasteiger charge is 2.50. The van der Waals surface area contributed by atoms with Gasteiger partial charge in [0.05, 0.1) is 11.2 Å². The third kappa shape index (κ3) is 2.79. The number of fused-ring (bicyclic) bond motifs is 1. The monoisotopic (exact) mass is 285 g/mol. The van der Waals surface area contributed by atoms with Crippen molar-refractivity contribution < 1.29 is 9.31 Å². The van der Waals surface area contributed by atoms with Gasteiger partial charge in [-0.2, -0.15) is 0 Å². The highest BCUT2D eigenvalue weighted by molar-refractivity contribution is 6.52. The Bertz CT molecular complexity index is 550. The van der Waals surface area contributed by atoms with Crippen LogP contribution in [0.25, 0.3) is 6.08 Å². The maximum absolute atomic E-state index is 6.00. The second kappa shape index (κ2) is 5.26. The fourth-order valence-corrected chi connectivity index (χ4v) is 2.98. The minimum Gasteiger partial charge on any atom is -0.400 e. The molecule has 0 unspecified atom stereocenters. The molecule has 1 saturated heterocycles. The van der Waals surface area contributed by atoms with E-state index in [1.54, 1.807) is 0 Å². The standard InChI is InChI=1S/C17H24BNO2/c1-16(2)17(3,4)21-18(20-16)10-9-14-12-19-11-13-7-5-6-8-15(13)14/h9-12H,5-8H2,1-4H3/b10-9+. The van der Waals surface area contributed by atoms with E-state index in [1.165, 1.54) is 29.5 Å². The Morgan fingerprint density at radius 1 is 1.05 bits per heavy atom. The summed E-state index contributed by atoms with van der Waals surface area (Å²) < 4.78 is 12.0. The summed E-state index contributed by atoms with van der Waals surface area (Å²) in [4.78, 5) is 4.37. The van der Waals surface area contributed by atoms with Gasteiger partial charge in [0.25, 0.3) is 0 Å². The molecule has 1 aromatic heterocycles. The van der Waals surface area contributed by atoms with E-state index in [4.69, 9.17) is 9.31 Å². The maximum Gasteiger partial charge on any atom is 0.487 e. The summed E-state index contributed by atoms with van der Waals surface area (Å²) in [5.74, 6) is 2.02. The number of hydrogen-bond acceptors (Lipinski definition) is 3. The summed E-state index contributed by atoms with van der Waals surface area (Å²) in [7, 11) is -0.283. The Morgan fingerprint density at radius 2 is 1.71 bits per heavy atom. The lowest BCUT2D eigenvalue weighted by molar-refractivity contribution is 0.00578. The summed E-state index contributed by atoms with van der Waals surface area (Å²) >= 11 is 0. The molecule has 0 radical (unpaired) electrons. The molecule has 1 fully saturated rings. The summed E-state index contributed by atoms with van der Waals surface area (Å²) in [6.07, 6.45) is 10.9. The first-order chi connectivity index (χ1) is 9.89. The molecule has 1 aromatic rings. The molecule has 0 saturated carbocycles. The van der Waals surface area contributed by atoms with Crippen LogP contribution in [0.3, 0.4) is 0 Å². The van der Waals surface area contributed by atoms with E-state index in [-0.39, 0.29) is 18.3 Å². The maximum atomic E-state index is 6.00. The Labute approximate surface area is 127 Å². The third-order valence-corrected chi connectivity index (χ3v) is 5.01. The van der Waals surface area contributed by atoms with Gasteiger partial charge in [0.15, 0.2) is 0 Å². The Kier molecular flexibility index (Phi) is 3.70. The lowest BCUT2D eigenvalue weighted by Gasteiger charge is -2.32. The second-order valence-electron chi connectivity index (χ2n) is 7.06. The zero-order valence-electron chi connectivity index (χ0n) is 13.5. The van der Waals surface area contributed by atoms with Crippen LogP contribution in [0.5, 0.6) is 0 Å².